The molecule has 122 valence electrons. The van der Waals surface area contributed by atoms with Crippen LogP contribution in [0.1, 0.15) is 37.3 Å². The highest BCUT2D eigenvalue weighted by atomic mass is 35.5. The predicted molar refractivity (Wildman–Crippen MR) is 85.3 cm³/mol. The van der Waals surface area contributed by atoms with Crippen LogP contribution in [-0.2, 0) is 4.79 Å². The Morgan fingerprint density at radius 2 is 2.17 bits per heavy atom. The fourth-order valence-electron chi connectivity index (χ4n) is 3.63. The largest absolute Gasteiger partial charge is 0.338 e. The smallest absolute Gasteiger partial charge is 0.222 e. The molecule has 2 aliphatic rings. The third-order valence-corrected chi connectivity index (χ3v) is 5.07. The van der Waals surface area contributed by atoms with Crippen LogP contribution in [0.25, 0.3) is 0 Å². The average molecular weight is 336 g/mol. The van der Waals surface area contributed by atoms with E-state index in [1.54, 1.807) is 6.07 Å². The van der Waals surface area contributed by atoms with Gasteiger partial charge >= 0.3 is 0 Å². The molecule has 2 saturated heterocycles. The molecule has 1 aromatic rings. The molecule has 1 aromatic carbocycles. The van der Waals surface area contributed by atoms with Crippen LogP contribution >= 0.6 is 11.6 Å². The summed E-state index contributed by atoms with van der Waals surface area (Å²) in [6.07, 6.45) is 3.33. The maximum absolute atomic E-state index is 14.2. The highest BCUT2D eigenvalue weighted by Crippen LogP contribution is 2.32. The first-order chi connectivity index (χ1) is 11.1. The highest BCUT2D eigenvalue weighted by molar-refractivity contribution is 6.31. The van der Waals surface area contributed by atoms with Gasteiger partial charge in [-0.1, -0.05) is 17.7 Å². The molecule has 0 saturated carbocycles. The van der Waals surface area contributed by atoms with Crippen LogP contribution in [0.2, 0.25) is 5.02 Å². The second-order valence-electron chi connectivity index (χ2n) is 6.15. The maximum Gasteiger partial charge on any atom is 0.222 e. The second kappa shape index (κ2) is 6.86. The quantitative estimate of drug-likeness (QED) is 0.852. The van der Waals surface area contributed by atoms with Crippen molar-refractivity contribution in [3.8, 4) is 6.07 Å². The van der Waals surface area contributed by atoms with Crippen LogP contribution in [0.15, 0.2) is 18.2 Å². The Kier molecular flexibility index (Phi) is 4.84. The third kappa shape index (κ3) is 3.19. The summed E-state index contributed by atoms with van der Waals surface area (Å²) in [6, 6.07) is 6.06. The predicted octanol–water partition coefficient (Wildman–Crippen LogP) is 3.13. The minimum absolute atomic E-state index is 0.111. The lowest BCUT2D eigenvalue weighted by atomic mass is 9.99. The summed E-state index contributed by atoms with van der Waals surface area (Å²) in [4.78, 5) is 15.8. The van der Waals surface area contributed by atoms with Gasteiger partial charge in [0.2, 0.25) is 5.91 Å². The average Bonchev–Trinajstić information content (AvgIpc) is 2.97. The van der Waals surface area contributed by atoms with E-state index in [9.17, 15) is 14.4 Å². The minimum atomic E-state index is -0.718. The number of amides is 1. The summed E-state index contributed by atoms with van der Waals surface area (Å²) in [5.74, 6) is -0.266. The molecule has 1 amide bonds. The van der Waals surface area contributed by atoms with Crippen molar-refractivity contribution < 1.29 is 9.18 Å². The number of benzene rings is 1. The molecule has 2 atom stereocenters. The van der Waals surface area contributed by atoms with Gasteiger partial charge in [0, 0.05) is 36.1 Å². The van der Waals surface area contributed by atoms with E-state index in [4.69, 9.17) is 11.6 Å². The first kappa shape index (κ1) is 16.2. The lowest BCUT2D eigenvalue weighted by Crippen LogP contribution is -2.49. The van der Waals surface area contributed by atoms with Gasteiger partial charge < -0.3 is 4.90 Å². The van der Waals surface area contributed by atoms with Crippen molar-refractivity contribution in [3.05, 3.63) is 34.6 Å². The molecule has 0 radical (unpaired) electrons. The molecule has 4 nitrogen and oxygen atoms in total. The molecule has 0 spiro atoms. The molecule has 0 N–H and O–H groups in total. The van der Waals surface area contributed by atoms with E-state index in [-0.39, 0.29) is 22.5 Å². The number of piperidine rings is 1. The minimum Gasteiger partial charge on any atom is -0.338 e. The lowest BCUT2D eigenvalue weighted by Gasteiger charge is -2.39. The standard InChI is InChI=1S/C17H19ClFN3O/c18-13-5-1-6-14(19)17(13)15(10-20)21-8-2-4-12(11-21)22-9-3-7-16(22)23/h1,5-6,12,15H,2-4,7-9,11H2/t12-,15+/m1/s1. The molecule has 23 heavy (non-hydrogen) atoms. The van der Waals surface area contributed by atoms with E-state index in [0.29, 0.717) is 19.5 Å². The van der Waals surface area contributed by atoms with Crippen LogP contribution in [0, 0.1) is 17.1 Å². The van der Waals surface area contributed by atoms with Crippen molar-refractivity contribution in [1.82, 2.24) is 9.80 Å². The molecule has 3 rings (SSSR count). The maximum atomic E-state index is 14.2. The van der Waals surface area contributed by atoms with Gasteiger partial charge in [-0.05, 0) is 37.9 Å². The Morgan fingerprint density at radius 3 is 2.83 bits per heavy atom. The van der Waals surface area contributed by atoms with Crippen molar-refractivity contribution in [2.45, 2.75) is 37.8 Å². The molecule has 2 aliphatic heterocycles. The van der Waals surface area contributed by atoms with Crippen molar-refractivity contribution >= 4 is 17.5 Å². The van der Waals surface area contributed by atoms with Crippen molar-refractivity contribution in [3.63, 3.8) is 0 Å². The molecule has 6 heteroatoms. The van der Waals surface area contributed by atoms with Gasteiger partial charge in [-0.15, -0.1) is 0 Å². The number of hydrogen-bond donors (Lipinski definition) is 0. The first-order valence-corrected chi connectivity index (χ1v) is 8.36. The number of halogens is 2. The zero-order valence-corrected chi connectivity index (χ0v) is 13.6. The molecule has 2 heterocycles. The van der Waals surface area contributed by atoms with Crippen LogP contribution in [0.5, 0.6) is 0 Å². The highest BCUT2D eigenvalue weighted by Gasteiger charge is 2.35. The molecule has 0 aromatic heterocycles. The van der Waals surface area contributed by atoms with Gasteiger partial charge in [0.05, 0.1) is 6.07 Å². The van der Waals surface area contributed by atoms with E-state index in [2.05, 4.69) is 6.07 Å². The molecule has 2 fully saturated rings. The fraction of sp³-hybridized carbons (Fsp3) is 0.529. The number of hydrogen-bond acceptors (Lipinski definition) is 3. The van der Waals surface area contributed by atoms with Gasteiger partial charge in [0.15, 0.2) is 0 Å². The van der Waals surface area contributed by atoms with E-state index in [0.717, 1.165) is 25.8 Å². The third-order valence-electron chi connectivity index (χ3n) is 4.74. The van der Waals surface area contributed by atoms with Gasteiger partial charge in [-0.25, -0.2) is 4.39 Å². The molecule has 0 unspecified atom stereocenters. The molecule has 0 aliphatic carbocycles. The fourth-order valence-corrected chi connectivity index (χ4v) is 3.89. The van der Waals surface area contributed by atoms with Crippen molar-refractivity contribution in [2.75, 3.05) is 19.6 Å². The second-order valence-corrected chi connectivity index (χ2v) is 6.56. The number of nitrogens with zero attached hydrogens (tertiary/aromatic N) is 3. The Hall–Kier alpha value is -1.64. The van der Waals surface area contributed by atoms with Crippen LogP contribution in [-0.4, -0.2) is 41.4 Å². The number of carbonyl (C=O) groups excluding carboxylic acids is 1. The monoisotopic (exact) mass is 335 g/mol. The van der Waals surface area contributed by atoms with E-state index in [1.165, 1.54) is 12.1 Å². The summed E-state index contributed by atoms with van der Waals surface area (Å²) >= 11 is 6.13. The number of likely N-dealkylation sites (tertiary alicyclic amines) is 2. The summed E-state index contributed by atoms with van der Waals surface area (Å²) < 4.78 is 14.2. The normalized spacial score (nSPS) is 23.8. The van der Waals surface area contributed by atoms with Crippen LogP contribution in [0.3, 0.4) is 0 Å². The Balaban J connectivity index is 1.82. The first-order valence-electron chi connectivity index (χ1n) is 7.99. The van der Waals surface area contributed by atoms with Crippen molar-refractivity contribution in [1.29, 1.82) is 5.26 Å². The van der Waals surface area contributed by atoms with E-state index < -0.39 is 11.9 Å². The zero-order chi connectivity index (χ0) is 16.4. The summed E-state index contributed by atoms with van der Waals surface area (Å²) in [6.45, 7) is 2.09. The van der Waals surface area contributed by atoms with Gasteiger partial charge in [0.25, 0.3) is 0 Å². The number of nitriles is 1. The van der Waals surface area contributed by atoms with Gasteiger partial charge in [0.1, 0.15) is 11.9 Å². The van der Waals surface area contributed by atoms with E-state index in [1.807, 2.05) is 9.80 Å². The number of rotatable bonds is 3. The number of carbonyl (C=O) groups is 1. The van der Waals surface area contributed by atoms with Gasteiger partial charge in [-0.3, -0.25) is 9.69 Å². The van der Waals surface area contributed by atoms with Gasteiger partial charge in [-0.2, -0.15) is 5.26 Å². The summed E-state index contributed by atoms with van der Waals surface area (Å²) in [5.41, 5.74) is 0.241. The Bertz CT molecular complexity index is 625. The Labute approximate surface area is 140 Å². The topological polar surface area (TPSA) is 47.3 Å². The SMILES string of the molecule is N#C[C@@H](c1c(F)cccc1Cl)N1CCC[C@@H](N2CCCC2=O)C1. The molecular weight excluding hydrogens is 317 g/mol. The summed E-state index contributed by atoms with van der Waals surface area (Å²) in [5, 5.41) is 9.86. The molecular formula is C17H19ClFN3O. The summed E-state index contributed by atoms with van der Waals surface area (Å²) in [7, 11) is 0. The van der Waals surface area contributed by atoms with Crippen LogP contribution < -0.4 is 0 Å². The van der Waals surface area contributed by atoms with Crippen LogP contribution in [0.4, 0.5) is 4.39 Å². The zero-order valence-electron chi connectivity index (χ0n) is 12.8. The van der Waals surface area contributed by atoms with Crippen molar-refractivity contribution in [2.24, 2.45) is 0 Å². The Morgan fingerprint density at radius 1 is 1.35 bits per heavy atom. The van der Waals surface area contributed by atoms with E-state index >= 15 is 0 Å². The molecule has 0 bridgehead atoms. The lowest BCUT2D eigenvalue weighted by molar-refractivity contribution is -0.130.